The van der Waals surface area contributed by atoms with Crippen LogP contribution in [0.25, 0.3) is 10.4 Å². The summed E-state index contributed by atoms with van der Waals surface area (Å²) >= 11 is 7.85. The molecule has 0 spiro atoms. The SMILES string of the molecule is Cc1ncsc1-c1ccc([C@H](C)NC(=O)[C@H]2C[C@@H](O)CN2C(=O)C(NC(=O)CN2CCN(CCN3CCN(c4ccc(C(=O)N[C@H]5C(C)(C)[C@H](Oc6ccc(C#N)c(Cl)c6)C5(C)C)cn4)C[C@H]3CO)CC2)C(C)(C)C)cc1. The standard InChI is InChI=1S/C57H76ClN11O7S/c1-35(37-10-12-38(13-11-37)48-36(2)61-34-77-48)62-51(74)45-26-42(71)31-69(45)52(75)49(55(3,4)5)63-47(72)32-66-20-18-65(19-21-66)22-23-67-24-25-68(30-41(67)33-70)46-17-15-40(29-60-46)50(73)64-53-56(6,7)54(57(53,8)9)76-43-16-14-39(28-59)44(58)27-43/h10-17,27,29,34-35,41-42,45,49,53-54,70-71H,18-26,30-33H2,1-9H3,(H,62,74)(H,63,72)(H,64,73)/t35-,41-,42+,45+,49?,53-,54-/m0/s1. The Morgan fingerprint density at radius 2 is 1.62 bits per heavy atom. The fourth-order valence-electron chi connectivity index (χ4n) is 12.0. The molecule has 5 heterocycles. The van der Waals surface area contributed by atoms with Crippen LogP contribution in [0.15, 0.2) is 66.3 Å². The van der Waals surface area contributed by atoms with E-state index in [1.165, 1.54) is 4.90 Å². The highest BCUT2D eigenvalue weighted by Gasteiger charge is 2.64. The molecule has 77 heavy (non-hydrogen) atoms. The lowest BCUT2D eigenvalue weighted by Crippen LogP contribution is -2.74. The minimum atomic E-state index is -0.920. The number of amides is 4. The van der Waals surface area contributed by atoms with Crippen molar-refractivity contribution < 1.29 is 34.1 Å². The topological polar surface area (TPSA) is 220 Å². The fraction of sp³-hybridized carbons (Fsp3) is 0.561. The predicted molar refractivity (Wildman–Crippen MR) is 298 cm³/mol. The molecule has 1 saturated carbocycles. The van der Waals surface area contributed by atoms with E-state index in [0.29, 0.717) is 48.1 Å². The molecular formula is C57H76ClN11O7S. The van der Waals surface area contributed by atoms with Crippen LogP contribution < -0.4 is 25.6 Å². The molecule has 4 aliphatic rings. The molecule has 0 radical (unpaired) electrons. The van der Waals surface area contributed by atoms with Crippen molar-refractivity contribution in [2.45, 2.75) is 111 Å². The number of carbonyl (C=O) groups is 4. The van der Waals surface area contributed by atoms with Gasteiger partial charge >= 0.3 is 0 Å². The van der Waals surface area contributed by atoms with Gasteiger partial charge in [0.05, 0.1) is 63.6 Å². The van der Waals surface area contributed by atoms with Gasteiger partial charge in [0.1, 0.15) is 35.8 Å². The number of aryl methyl sites for hydroxylation is 1. The van der Waals surface area contributed by atoms with E-state index >= 15 is 0 Å². The second kappa shape index (κ2) is 23.7. The van der Waals surface area contributed by atoms with Crippen molar-refractivity contribution in [3.63, 3.8) is 0 Å². The highest BCUT2D eigenvalue weighted by Crippen LogP contribution is 2.55. The number of halogens is 1. The molecule has 4 fully saturated rings. The van der Waals surface area contributed by atoms with Gasteiger partial charge in [0, 0.05) is 101 Å². The highest BCUT2D eigenvalue weighted by atomic mass is 35.5. The zero-order valence-electron chi connectivity index (χ0n) is 45.9. The molecular weight excluding hydrogens is 1020 g/mol. The van der Waals surface area contributed by atoms with E-state index in [1.807, 2.05) is 70.5 Å². The smallest absolute Gasteiger partial charge is 0.253 e. The molecule has 2 aromatic carbocycles. The van der Waals surface area contributed by atoms with Crippen molar-refractivity contribution in [2.75, 3.05) is 83.5 Å². The van der Waals surface area contributed by atoms with Crippen LogP contribution in [0, 0.1) is 34.5 Å². The summed E-state index contributed by atoms with van der Waals surface area (Å²) in [6, 6.07) is 16.3. The van der Waals surface area contributed by atoms with E-state index in [0.717, 1.165) is 60.2 Å². The average molecular weight is 1090 g/mol. The number of nitrogens with one attached hydrogen (secondary N) is 3. The maximum Gasteiger partial charge on any atom is 0.253 e. The van der Waals surface area contributed by atoms with Crippen molar-refractivity contribution in [3.05, 3.63) is 93.7 Å². The van der Waals surface area contributed by atoms with Crippen molar-refractivity contribution in [2.24, 2.45) is 16.2 Å². The number of ether oxygens (including phenoxy) is 1. The van der Waals surface area contributed by atoms with E-state index in [2.05, 4.69) is 74.3 Å². The zero-order valence-corrected chi connectivity index (χ0v) is 47.5. The lowest BCUT2D eigenvalue weighted by molar-refractivity contribution is -0.164. The Morgan fingerprint density at radius 1 is 0.922 bits per heavy atom. The van der Waals surface area contributed by atoms with Gasteiger partial charge in [-0.3, -0.25) is 33.9 Å². The Kier molecular flexibility index (Phi) is 17.7. The molecule has 4 amide bonds. The molecule has 1 unspecified atom stereocenters. The Bertz CT molecular complexity index is 2770. The molecule has 8 rings (SSSR count). The molecule has 20 heteroatoms. The zero-order chi connectivity index (χ0) is 55.6. The number of nitriles is 1. The van der Waals surface area contributed by atoms with Gasteiger partial charge in [0.2, 0.25) is 17.7 Å². The maximum absolute atomic E-state index is 14.3. The molecule has 3 saturated heterocycles. The number of hydrogen-bond donors (Lipinski definition) is 5. The Labute approximate surface area is 462 Å². The summed E-state index contributed by atoms with van der Waals surface area (Å²) in [4.78, 5) is 75.9. The van der Waals surface area contributed by atoms with E-state index in [9.17, 15) is 34.7 Å². The van der Waals surface area contributed by atoms with Crippen LogP contribution in [-0.4, -0.2) is 178 Å². The monoisotopic (exact) mass is 1090 g/mol. The molecule has 5 atom stereocenters. The number of aliphatic hydroxyl groups is 2. The fourth-order valence-corrected chi connectivity index (χ4v) is 13.0. The second-order valence-corrected chi connectivity index (χ2v) is 24.8. The minimum Gasteiger partial charge on any atom is -0.489 e. The molecule has 5 N–H and O–H groups in total. The van der Waals surface area contributed by atoms with Crippen molar-refractivity contribution >= 4 is 52.4 Å². The van der Waals surface area contributed by atoms with Crippen LogP contribution >= 0.6 is 22.9 Å². The number of β-amino-alcohol motifs (C(OH)–C–C–N with tert-alkyl or cyclic N) is 1. The first kappa shape index (κ1) is 57.5. The summed E-state index contributed by atoms with van der Waals surface area (Å²) in [5.74, 6) is 0.0700. The first-order chi connectivity index (χ1) is 36.5. The number of likely N-dealkylation sites (tertiary alicyclic amines) is 1. The number of benzene rings is 2. The number of nitrogens with zero attached hydrogens (tertiary/aromatic N) is 8. The maximum atomic E-state index is 14.3. The summed E-state index contributed by atoms with van der Waals surface area (Å²) in [7, 11) is 0. The van der Waals surface area contributed by atoms with Gasteiger partial charge in [-0.05, 0) is 54.7 Å². The number of thiazole rings is 1. The number of aromatic nitrogens is 2. The minimum absolute atomic E-state index is 0.00101. The molecule has 1 aliphatic carbocycles. The molecule has 0 bridgehead atoms. The van der Waals surface area contributed by atoms with Crippen LogP contribution in [0.5, 0.6) is 5.75 Å². The van der Waals surface area contributed by atoms with E-state index in [4.69, 9.17) is 21.3 Å². The number of aliphatic hydroxyl groups excluding tert-OH is 2. The van der Waals surface area contributed by atoms with Gasteiger partial charge < -0.3 is 40.7 Å². The lowest BCUT2D eigenvalue weighted by Gasteiger charge is -2.63. The van der Waals surface area contributed by atoms with Crippen LogP contribution in [0.1, 0.15) is 95.0 Å². The van der Waals surface area contributed by atoms with Gasteiger partial charge in [-0.2, -0.15) is 5.26 Å². The first-order valence-electron chi connectivity index (χ1n) is 26.7. The van der Waals surface area contributed by atoms with Crippen LogP contribution in [-0.2, 0) is 14.4 Å². The van der Waals surface area contributed by atoms with Crippen molar-refractivity contribution in [3.8, 4) is 22.3 Å². The summed E-state index contributed by atoms with van der Waals surface area (Å²) in [5.41, 5.74) is 4.08. The van der Waals surface area contributed by atoms with Gasteiger partial charge in [-0.25, -0.2) is 9.97 Å². The Morgan fingerprint density at radius 3 is 2.23 bits per heavy atom. The van der Waals surface area contributed by atoms with Gasteiger partial charge in [-0.15, -0.1) is 11.3 Å². The molecule has 2 aromatic heterocycles. The largest absolute Gasteiger partial charge is 0.489 e. The van der Waals surface area contributed by atoms with E-state index in [-0.39, 0.29) is 68.1 Å². The number of hydrogen-bond acceptors (Lipinski definition) is 15. The first-order valence-corrected chi connectivity index (χ1v) is 28.0. The number of piperazine rings is 2. The van der Waals surface area contributed by atoms with Crippen LogP contribution in [0.4, 0.5) is 5.82 Å². The normalized spacial score (nSPS) is 23.5. The number of pyridine rings is 1. The second-order valence-electron chi connectivity index (χ2n) is 23.5. The Balaban J connectivity index is 0.765. The third kappa shape index (κ3) is 12.9. The van der Waals surface area contributed by atoms with Crippen LogP contribution in [0.3, 0.4) is 0 Å². The van der Waals surface area contributed by atoms with Gasteiger partial charge in [0.25, 0.3) is 5.91 Å². The summed E-state index contributed by atoms with van der Waals surface area (Å²) in [5, 5.41) is 40.2. The van der Waals surface area contributed by atoms with Gasteiger partial charge in [0.15, 0.2) is 0 Å². The summed E-state index contributed by atoms with van der Waals surface area (Å²) in [6.45, 7) is 24.4. The highest BCUT2D eigenvalue weighted by molar-refractivity contribution is 7.13. The van der Waals surface area contributed by atoms with Crippen molar-refractivity contribution in [1.82, 2.24) is 45.5 Å². The molecule has 4 aromatic rings. The Hall–Kier alpha value is -5.72. The third-order valence-electron chi connectivity index (χ3n) is 16.2. The number of carbonyl (C=O) groups excluding carboxylic acids is 4. The van der Waals surface area contributed by atoms with E-state index < -0.39 is 40.3 Å². The summed E-state index contributed by atoms with van der Waals surface area (Å²) in [6.07, 6.45) is 0.613. The van der Waals surface area contributed by atoms with Crippen LogP contribution in [0.2, 0.25) is 5.02 Å². The van der Waals surface area contributed by atoms with E-state index in [1.54, 1.807) is 41.8 Å². The number of rotatable bonds is 17. The molecule has 414 valence electrons. The summed E-state index contributed by atoms with van der Waals surface area (Å²) < 4.78 is 6.39. The molecule has 3 aliphatic heterocycles. The number of anilines is 1. The quantitative estimate of drug-likeness (QED) is 0.0928. The lowest BCUT2D eigenvalue weighted by atomic mass is 9.49. The van der Waals surface area contributed by atoms with Crippen molar-refractivity contribution in [1.29, 1.82) is 5.26 Å². The average Bonchev–Trinajstić information content (AvgIpc) is 4.19. The van der Waals surface area contributed by atoms with Gasteiger partial charge in [-0.1, -0.05) is 84.3 Å². The molecule has 18 nitrogen and oxygen atoms in total. The predicted octanol–water partition coefficient (Wildman–Crippen LogP) is 5.12. The third-order valence-corrected chi connectivity index (χ3v) is 17.5.